The van der Waals surface area contributed by atoms with Gasteiger partial charge in [-0.3, -0.25) is 9.59 Å². The number of ether oxygens (including phenoxy) is 3. The highest BCUT2D eigenvalue weighted by Crippen LogP contribution is 2.41. The maximum absolute atomic E-state index is 12.5. The van der Waals surface area contributed by atoms with Crippen LogP contribution in [0, 0.1) is 0 Å². The minimum atomic E-state index is -0.912. The zero-order chi connectivity index (χ0) is 15.9. The fourth-order valence-corrected chi connectivity index (χ4v) is 3.07. The molecule has 0 spiro atoms. The number of benzene rings is 1. The van der Waals surface area contributed by atoms with Crippen molar-refractivity contribution < 1.29 is 23.8 Å². The van der Waals surface area contributed by atoms with Crippen molar-refractivity contribution in [3.63, 3.8) is 0 Å². The van der Waals surface area contributed by atoms with Gasteiger partial charge >= 0.3 is 5.97 Å². The smallest absolute Gasteiger partial charge is 0.322 e. The molecular formula is C16H19NO5. The second-order valence-corrected chi connectivity index (χ2v) is 5.45. The van der Waals surface area contributed by atoms with Gasteiger partial charge in [-0.2, -0.15) is 0 Å². The maximum atomic E-state index is 12.5. The monoisotopic (exact) mass is 305 g/mol. The Labute approximate surface area is 128 Å². The Balaban J connectivity index is 2.08. The summed E-state index contributed by atoms with van der Waals surface area (Å²) in [6.45, 7) is 5.26. The van der Waals surface area contributed by atoms with Crippen molar-refractivity contribution >= 4 is 17.6 Å². The second kappa shape index (κ2) is 5.37. The number of methoxy groups -OCH3 is 1. The van der Waals surface area contributed by atoms with Crippen molar-refractivity contribution in [1.29, 1.82) is 0 Å². The number of esters is 1. The summed E-state index contributed by atoms with van der Waals surface area (Å²) in [6.07, 6.45) is 0. The van der Waals surface area contributed by atoms with E-state index in [1.165, 1.54) is 7.11 Å². The molecule has 1 aromatic rings. The fourth-order valence-electron chi connectivity index (χ4n) is 3.07. The first-order valence-electron chi connectivity index (χ1n) is 7.33. The highest BCUT2D eigenvalue weighted by molar-refractivity contribution is 6.16. The van der Waals surface area contributed by atoms with Crippen molar-refractivity contribution in [1.82, 2.24) is 0 Å². The van der Waals surface area contributed by atoms with E-state index in [1.54, 1.807) is 4.90 Å². The van der Waals surface area contributed by atoms with E-state index in [0.29, 0.717) is 25.3 Å². The topological polar surface area (TPSA) is 65.1 Å². The first kappa shape index (κ1) is 15.0. The van der Waals surface area contributed by atoms with Crippen LogP contribution in [0.2, 0.25) is 0 Å². The van der Waals surface area contributed by atoms with Crippen LogP contribution in [-0.4, -0.2) is 38.7 Å². The van der Waals surface area contributed by atoms with E-state index in [2.05, 4.69) is 0 Å². The van der Waals surface area contributed by atoms with Crippen LogP contribution < -0.4 is 4.90 Å². The summed E-state index contributed by atoms with van der Waals surface area (Å²) in [5, 5.41) is 0. The lowest BCUT2D eigenvalue weighted by Crippen LogP contribution is -2.31. The maximum Gasteiger partial charge on any atom is 0.322 e. The van der Waals surface area contributed by atoms with E-state index in [9.17, 15) is 9.59 Å². The molecule has 0 radical (unpaired) electrons. The lowest BCUT2D eigenvalue weighted by atomic mass is 9.96. The fraction of sp³-hybridized carbons (Fsp3) is 0.500. The number of carbonyl (C=O) groups excluding carboxylic acids is 2. The molecule has 1 aromatic carbocycles. The van der Waals surface area contributed by atoms with Crippen molar-refractivity contribution in [2.45, 2.75) is 25.6 Å². The van der Waals surface area contributed by atoms with Crippen molar-refractivity contribution in [3.05, 3.63) is 29.3 Å². The number of carbonyl (C=O) groups is 2. The minimum Gasteiger partial charge on any atom is -0.468 e. The van der Waals surface area contributed by atoms with Crippen LogP contribution >= 0.6 is 0 Å². The van der Waals surface area contributed by atoms with Gasteiger partial charge in [0.15, 0.2) is 11.7 Å². The molecular weight excluding hydrogens is 286 g/mol. The Morgan fingerprint density at radius 1 is 1.41 bits per heavy atom. The van der Waals surface area contributed by atoms with E-state index in [1.807, 2.05) is 32.0 Å². The number of rotatable bonds is 3. The summed E-state index contributed by atoms with van der Waals surface area (Å²) in [4.78, 5) is 26.1. The molecule has 1 unspecified atom stereocenters. The predicted molar refractivity (Wildman–Crippen MR) is 78.5 cm³/mol. The van der Waals surface area contributed by atoms with Crippen LogP contribution in [0.1, 0.15) is 30.9 Å². The normalized spacial score (nSPS) is 22.8. The molecule has 1 fully saturated rings. The van der Waals surface area contributed by atoms with Crippen LogP contribution in [0.25, 0.3) is 0 Å². The summed E-state index contributed by atoms with van der Waals surface area (Å²) < 4.78 is 16.1. The SMILES string of the molecule is CCN1C(=O)C(C(=O)OC)c2cc(C3(C)OCCO3)ccc21. The molecule has 2 aliphatic heterocycles. The Hall–Kier alpha value is -1.92. The molecule has 0 saturated carbocycles. The molecule has 6 heteroatoms. The molecule has 0 bridgehead atoms. The molecule has 22 heavy (non-hydrogen) atoms. The molecule has 0 aliphatic carbocycles. The van der Waals surface area contributed by atoms with Gasteiger partial charge < -0.3 is 19.1 Å². The van der Waals surface area contributed by atoms with E-state index >= 15 is 0 Å². The largest absolute Gasteiger partial charge is 0.468 e. The standard InChI is InChI=1S/C16H19NO5/c1-4-17-12-6-5-10(16(2)21-7-8-22-16)9-11(12)13(14(17)18)15(19)20-3/h5-6,9,13H,4,7-8H2,1-3H3. The minimum absolute atomic E-state index is 0.250. The van der Waals surface area contributed by atoms with Gasteiger partial charge in [-0.25, -0.2) is 0 Å². The summed E-state index contributed by atoms with van der Waals surface area (Å²) in [5.74, 6) is -2.54. The van der Waals surface area contributed by atoms with Crippen molar-refractivity contribution in [2.24, 2.45) is 0 Å². The van der Waals surface area contributed by atoms with Gasteiger partial charge in [-0.15, -0.1) is 0 Å². The first-order valence-corrected chi connectivity index (χ1v) is 7.33. The summed E-state index contributed by atoms with van der Waals surface area (Å²) in [6, 6.07) is 5.53. The molecule has 2 aliphatic rings. The van der Waals surface area contributed by atoms with Gasteiger partial charge in [0, 0.05) is 17.8 Å². The summed E-state index contributed by atoms with van der Waals surface area (Å²) >= 11 is 0. The quantitative estimate of drug-likeness (QED) is 0.626. The number of amides is 1. The average molecular weight is 305 g/mol. The number of likely N-dealkylation sites (N-methyl/N-ethyl adjacent to an activating group) is 1. The highest BCUT2D eigenvalue weighted by atomic mass is 16.7. The number of hydrogen-bond acceptors (Lipinski definition) is 5. The molecule has 1 atom stereocenters. The zero-order valence-corrected chi connectivity index (χ0v) is 12.9. The highest BCUT2D eigenvalue weighted by Gasteiger charge is 2.43. The van der Waals surface area contributed by atoms with Crippen LogP contribution in [-0.2, 0) is 29.6 Å². The van der Waals surface area contributed by atoms with Gasteiger partial charge in [-0.05, 0) is 31.5 Å². The Morgan fingerprint density at radius 3 is 2.68 bits per heavy atom. The van der Waals surface area contributed by atoms with Gasteiger partial charge in [0.25, 0.3) is 0 Å². The van der Waals surface area contributed by atoms with E-state index in [-0.39, 0.29) is 5.91 Å². The first-order chi connectivity index (χ1) is 10.5. The van der Waals surface area contributed by atoms with Gasteiger partial charge in [0.1, 0.15) is 0 Å². The van der Waals surface area contributed by atoms with Crippen LogP contribution in [0.3, 0.4) is 0 Å². The third-order valence-electron chi connectivity index (χ3n) is 4.26. The summed E-state index contributed by atoms with van der Waals surface area (Å²) in [7, 11) is 1.29. The van der Waals surface area contributed by atoms with Crippen molar-refractivity contribution in [3.8, 4) is 0 Å². The van der Waals surface area contributed by atoms with Gasteiger partial charge in [0.05, 0.1) is 20.3 Å². The van der Waals surface area contributed by atoms with E-state index < -0.39 is 17.7 Å². The van der Waals surface area contributed by atoms with Crippen LogP contribution in [0.15, 0.2) is 18.2 Å². The second-order valence-electron chi connectivity index (χ2n) is 5.45. The molecule has 1 saturated heterocycles. The Bertz CT molecular complexity index is 621. The number of nitrogens with zero attached hydrogens (tertiary/aromatic N) is 1. The lowest BCUT2D eigenvalue weighted by Gasteiger charge is -2.24. The number of hydrogen-bond donors (Lipinski definition) is 0. The van der Waals surface area contributed by atoms with Crippen LogP contribution in [0.4, 0.5) is 5.69 Å². The predicted octanol–water partition coefficient (Wildman–Crippen LogP) is 1.53. The van der Waals surface area contributed by atoms with Gasteiger partial charge in [-0.1, -0.05) is 6.07 Å². The molecule has 2 heterocycles. The summed E-state index contributed by atoms with van der Waals surface area (Å²) in [5.41, 5.74) is 2.19. The third-order valence-corrected chi connectivity index (χ3v) is 4.26. The number of fused-ring (bicyclic) bond motifs is 1. The van der Waals surface area contributed by atoms with Crippen molar-refractivity contribution in [2.75, 3.05) is 31.8 Å². The third kappa shape index (κ3) is 2.10. The van der Waals surface area contributed by atoms with E-state index in [4.69, 9.17) is 14.2 Å². The molecule has 6 nitrogen and oxygen atoms in total. The Morgan fingerprint density at radius 2 is 2.09 bits per heavy atom. The number of anilines is 1. The van der Waals surface area contributed by atoms with Gasteiger partial charge in [0.2, 0.25) is 5.91 Å². The van der Waals surface area contributed by atoms with Crippen LogP contribution in [0.5, 0.6) is 0 Å². The Kier molecular flexibility index (Phi) is 3.66. The molecule has 1 amide bonds. The molecule has 118 valence electrons. The molecule has 3 rings (SSSR count). The zero-order valence-electron chi connectivity index (χ0n) is 12.9. The van der Waals surface area contributed by atoms with E-state index in [0.717, 1.165) is 11.3 Å². The lowest BCUT2D eigenvalue weighted by molar-refractivity contribution is -0.150. The molecule has 0 aromatic heterocycles. The molecule has 0 N–H and O–H groups in total. The average Bonchev–Trinajstić information content (AvgIpc) is 3.07.